The second-order valence-electron chi connectivity index (χ2n) is 8.65. The summed E-state index contributed by atoms with van der Waals surface area (Å²) in [5.41, 5.74) is 4.87. The van der Waals surface area contributed by atoms with Gasteiger partial charge in [-0.2, -0.15) is 5.26 Å². The number of aromatic nitrogens is 3. The lowest BCUT2D eigenvalue weighted by Crippen LogP contribution is -2.64. The van der Waals surface area contributed by atoms with Crippen molar-refractivity contribution >= 4 is 5.91 Å². The van der Waals surface area contributed by atoms with Crippen molar-refractivity contribution in [1.29, 1.82) is 5.26 Å². The minimum absolute atomic E-state index is 0.0393. The number of hydrogen-bond donors (Lipinski definition) is 2. The first-order valence-electron chi connectivity index (χ1n) is 11.4. The molecule has 33 heavy (non-hydrogen) atoms. The van der Waals surface area contributed by atoms with Gasteiger partial charge in [0.2, 0.25) is 5.91 Å². The molecule has 168 valence electrons. The van der Waals surface area contributed by atoms with Crippen molar-refractivity contribution in [2.45, 2.75) is 19.4 Å². The molecule has 8 nitrogen and oxygen atoms in total. The second-order valence-corrected chi connectivity index (χ2v) is 8.65. The van der Waals surface area contributed by atoms with E-state index in [0.717, 1.165) is 73.0 Å². The first-order chi connectivity index (χ1) is 16.1. The highest BCUT2D eigenvalue weighted by atomic mass is 16.2. The Morgan fingerprint density at radius 1 is 1.09 bits per heavy atom. The standard InChI is InChI=1S/C25H27N7O/c1-17-28-24(30-29-17)21-7-6-20(22(14-21)19-4-2-18(15-26)3-5-19)8-10-32-13-12-31-11-9-27-16-23(31)25(32)33/h2-7,14,23,27H,8-13,16H2,1H3,(H,28,29,30)/t23-/m1/s1. The number of piperazine rings is 2. The topological polar surface area (TPSA) is 101 Å². The summed E-state index contributed by atoms with van der Waals surface area (Å²) in [5.74, 6) is 1.72. The lowest BCUT2D eigenvalue weighted by molar-refractivity contribution is -0.142. The molecular weight excluding hydrogens is 414 g/mol. The van der Waals surface area contributed by atoms with Crippen molar-refractivity contribution < 1.29 is 4.79 Å². The number of aryl methyl sites for hydroxylation is 1. The maximum Gasteiger partial charge on any atom is 0.241 e. The number of rotatable bonds is 5. The number of nitrogens with zero attached hydrogens (tertiary/aromatic N) is 5. The lowest BCUT2D eigenvalue weighted by atomic mass is 9.94. The van der Waals surface area contributed by atoms with Gasteiger partial charge in [-0.3, -0.25) is 9.69 Å². The van der Waals surface area contributed by atoms with Crippen molar-refractivity contribution in [3.63, 3.8) is 0 Å². The number of benzene rings is 2. The van der Waals surface area contributed by atoms with E-state index in [1.165, 1.54) is 0 Å². The van der Waals surface area contributed by atoms with Gasteiger partial charge in [-0.1, -0.05) is 24.3 Å². The average molecular weight is 442 g/mol. The molecule has 2 aliphatic heterocycles. The maximum atomic E-state index is 13.0. The molecule has 0 saturated carbocycles. The van der Waals surface area contributed by atoms with Crippen LogP contribution in [-0.2, 0) is 11.2 Å². The molecule has 2 saturated heterocycles. The Morgan fingerprint density at radius 2 is 1.91 bits per heavy atom. The molecule has 2 fully saturated rings. The van der Waals surface area contributed by atoms with E-state index in [9.17, 15) is 4.79 Å². The highest BCUT2D eigenvalue weighted by Gasteiger charge is 2.35. The molecule has 0 bridgehead atoms. The largest absolute Gasteiger partial charge is 0.340 e. The number of fused-ring (bicyclic) bond motifs is 1. The van der Waals surface area contributed by atoms with Crippen LogP contribution in [0.3, 0.4) is 0 Å². The van der Waals surface area contributed by atoms with Gasteiger partial charge in [-0.05, 0) is 48.2 Å². The molecule has 2 aromatic carbocycles. The molecule has 0 radical (unpaired) electrons. The number of hydrogen-bond acceptors (Lipinski definition) is 6. The van der Waals surface area contributed by atoms with E-state index in [1.807, 2.05) is 42.2 Å². The van der Waals surface area contributed by atoms with Crippen molar-refractivity contribution in [2.24, 2.45) is 0 Å². The minimum atomic E-state index is -0.0393. The Morgan fingerprint density at radius 3 is 2.67 bits per heavy atom. The van der Waals surface area contributed by atoms with E-state index < -0.39 is 0 Å². The summed E-state index contributed by atoms with van der Waals surface area (Å²) in [5, 5.41) is 20.8. The molecule has 0 unspecified atom stereocenters. The SMILES string of the molecule is Cc1nnc(-c2ccc(CCN3CCN4CCNC[C@@H]4C3=O)c(-c3ccc(C#N)cc3)c2)[nH]1. The summed E-state index contributed by atoms with van der Waals surface area (Å²) in [6.45, 7) is 6.90. The van der Waals surface area contributed by atoms with Crippen LogP contribution < -0.4 is 5.32 Å². The molecule has 3 heterocycles. The Bertz CT molecular complexity index is 1190. The van der Waals surface area contributed by atoms with Crippen LogP contribution in [0.15, 0.2) is 42.5 Å². The first-order valence-corrected chi connectivity index (χ1v) is 11.4. The molecule has 2 N–H and O–H groups in total. The van der Waals surface area contributed by atoms with Crippen molar-refractivity contribution in [2.75, 3.05) is 39.3 Å². The Hall–Kier alpha value is -3.54. The number of carbonyl (C=O) groups excluding carboxylic acids is 1. The Labute approximate surface area is 193 Å². The van der Waals surface area contributed by atoms with E-state index in [4.69, 9.17) is 5.26 Å². The van der Waals surface area contributed by atoms with Crippen molar-refractivity contribution in [1.82, 2.24) is 30.3 Å². The Balaban J connectivity index is 1.41. The van der Waals surface area contributed by atoms with Gasteiger partial charge in [0.15, 0.2) is 5.82 Å². The van der Waals surface area contributed by atoms with E-state index >= 15 is 0 Å². The second kappa shape index (κ2) is 9.14. The van der Waals surface area contributed by atoms with Gasteiger partial charge >= 0.3 is 0 Å². The van der Waals surface area contributed by atoms with E-state index in [0.29, 0.717) is 12.1 Å². The fourth-order valence-corrected chi connectivity index (χ4v) is 4.72. The van der Waals surface area contributed by atoms with Gasteiger partial charge < -0.3 is 15.2 Å². The van der Waals surface area contributed by atoms with Crippen LogP contribution in [0.5, 0.6) is 0 Å². The zero-order valence-electron chi connectivity index (χ0n) is 18.7. The van der Waals surface area contributed by atoms with Gasteiger partial charge in [0, 0.05) is 44.8 Å². The highest BCUT2D eigenvalue weighted by molar-refractivity contribution is 5.83. The van der Waals surface area contributed by atoms with Gasteiger partial charge in [0.05, 0.1) is 11.6 Å². The molecule has 1 atom stereocenters. The average Bonchev–Trinajstić information content (AvgIpc) is 3.30. The van der Waals surface area contributed by atoms with Crippen LogP contribution in [0.25, 0.3) is 22.5 Å². The Kier molecular flexibility index (Phi) is 5.90. The van der Waals surface area contributed by atoms with Gasteiger partial charge in [0.1, 0.15) is 11.9 Å². The fraction of sp³-hybridized carbons (Fsp3) is 0.360. The van der Waals surface area contributed by atoms with Crippen LogP contribution in [0, 0.1) is 18.3 Å². The normalized spacial score (nSPS) is 18.7. The third-order valence-corrected chi connectivity index (χ3v) is 6.57. The molecule has 8 heteroatoms. The third kappa shape index (κ3) is 4.38. The van der Waals surface area contributed by atoms with Crippen LogP contribution in [0.2, 0.25) is 0 Å². The molecule has 3 aromatic rings. The van der Waals surface area contributed by atoms with E-state index in [-0.39, 0.29) is 11.9 Å². The predicted octanol–water partition coefficient (Wildman–Crippen LogP) is 1.98. The van der Waals surface area contributed by atoms with E-state index in [2.05, 4.69) is 43.6 Å². The zero-order valence-corrected chi connectivity index (χ0v) is 18.7. The summed E-state index contributed by atoms with van der Waals surface area (Å²) in [7, 11) is 0. The van der Waals surface area contributed by atoms with Gasteiger partial charge in [0.25, 0.3) is 0 Å². The molecule has 1 amide bonds. The number of amides is 1. The minimum Gasteiger partial charge on any atom is -0.340 e. The zero-order chi connectivity index (χ0) is 22.8. The molecule has 2 aliphatic rings. The number of H-pyrrole nitrogens is 1. The summed E-state index contributed by atoms with van der Waals surface area (Å²) >= 11 is 0. The van der Waals surface area contributed by atoms with Gasteiger partial charge in [-0.15, -0.1) is 10.2 Å². The molecule has 0 aliphatic carbocycles. The smallest absolute Gasteiger partial charge is 0.241 e. The molecule has 1 aromatic heterocycles. The lowest BCUT2D eigenvalue weighted by Gasteiger charge is -2.43. The van der Waals surface area contributed by atoms with Gasteiger partial charge in [-0.25, -0.2) is 0 Å². The number of carbonyl (C=O) groups is 1. The number of aromatic amines is 1. The molecule has 5 rings (SSSR count). The highest BCUT2D eigenvalue weighted by Crippen LogP contribution is 2.29. The van der Waals surface area contributed by atoms with Crippen LogP contribution in [0.1, 0.15) is 17.0 Å². The van der Waals surface area contributed by atoms with Crippen LogP contribution >= 0.6 is 0 Å². The fourth-order valence-electron chi connectivity index (χ4n) is 4.72. The quantitative estimate of drug-likeness (QED) is 0.628. The number of nitrogens with one attached hydrogen (secondary N) is 2. The molecule has 0 spiro atoms. The van der Waals surface area contributed by atoms with Crippen molar-refractivity contribution in [3.05, 3.63) is 59.4 Å². The summed E-state index contributed by atoms with van der Waals surface area (Å²) in [6, 6.07) is 16.0. The predicted molar refractivity (Wildman–Crippen MR) is 125 cm³/mol. The number of nitriles is 1. The summed E-state index contributed by atoms with van der Waals surface area (Å²) in [4.78, 5) is 20.5. The first kappa shape index (κ1) is 21.3. The maximum absolute atomic E-state index is 13.0. The third-order valence-electron chi connectivity index (χ3n) is 6.57. The summed E-state index contributed by atoms with van der Waals surface area (Å²) < 4.78 is 0. The van der Waals surface area contributed by atoms with Crippen LogP contribution in [0.4, 0.5) is 0 Å². The van der Waals surface area contributed by atoms with E-state index in [1.54, 1.807) is 0 Å². The van der Waals surface area contributed by atoms with Crippen LogP contribution in [-0.4, -0.2) is 76.2 Å². The van der Waals surface area contributed by atoms with Crippen molar-refractivity contribution in [3.8, 4) is 28.6 Å². The summed E-state index contributed by atoms with van der Waals surface area (Å²) in [6.07, 6.45) is 0.761. The molecular formula is C25H27N7O. The monoisotopic (exact) mass is 441 g/mol.